The van der Waals surface area contributed by atoms with Gasteiger partial charge in [0, 0.05) is 31.6 Å². The Morgan fingerprint density at radius 3 is 2.43 bits per heavy atom. The van der Waals surface area contributed by atoms with E-state index in [1.54, 1.807) is 19.1 Å². The molecule has 0 aliphatic carbocycles. The number of hydrogen-bond donors (Lipinski definition) is 1. The summed E-state index contributed by atoms with van der Waals surface area (Å²) in [5, 5.41) is 14.2. The molecular formula is C14H11Br3N2O2. The van der Waals surface area contributed by atoms with Gasteiger partial charge in [-0.3, -0.25) is 10.1 Å². The minimum Gasteiger partial charge on any atom is -0.380 e. The van der Waals surface area contributed by atoms with Crippen LogP contribution in [0.1, 0.15) is 11.1 Å². The highest BCUT2D eigenvalue weighted by molar-refractivity contribution is 9.13. The van der Waals surface area contributed by atoms with Crippen LogP contribution in [0.5, 0.6) is 0 Å². The first kappa shape index (κ1) is 16.5. The van der Waals surface area contributed by atoms with Crippen LogP contribution in [0.4, 0.5) is 11.4 Å². The maximum Gasteiger partial charge on any atom is 0.274 e. The third-order valence-electron chi connectivity index (χ3n) is 2.95. The number of nitro groups is 1. The largest absolute Gasteiger partial charge is 0.380 e. The molecule has 1 N–H and O–H groups in total. The van der Waals surface area contributed by atoms with Crippen molar-refractivity contribution in [1.29, 1.82) is 0 Å². The first-order valence-electron chi connectivity index (χ1n) is 6.01. The molecule has 0 aliphatic rings. The van der Waals surface area contributed by atoms with Crippen LogP contribution < -0.4 is 5.32 Å². The number of nitrogens with zero attached hydrogens (tertiary/aromatic N) is 1. The standard InChI is InChI=1S/C14H11Br3N2O2/c1-8-4-12(17)13(6-14(8)19(20)21)18-7-9-2-3-10(15)11(16)5-9/h2-6,18H,7H2,1H3. The molecular weight excluding hydrogens is 468 g/mol. The van der Waals surface area contributed by atoms with Gasteiger partial charge in [0.15, 0.2) is 0 Å². The van der Waals surface area contributed by atoms with Gasteiger partial charge < -0.3 is 5.32 Å². The van der Waals surface area contributed by atoms with Gasteiger partial charge in [0.25, 0.3) is 5.69 Å². The predicted molar refractivity (Wildman–Crippen MR) is 94.7 cm³/mol. The smallest absolute Gasteiger partial charge is 0.274 e. The van der Waals surface area contributed by atoms with Crippen molar-refractivity contribution in [1.82, 2.24) is 0 Å². The molecule has 2 rings (SSSR count). The number of benzene rings is 2. The molecule has 0 aromatic heterocycles. The van der Waals surface area contributed by atoms with Crippen LogP contribution in [0.3, 0.4) is 0 Å². The quantitative estimate of drug-likeness (QED) is 0.446. The van der Waals surface area contributed by atoms with Crippen LogP contribution in [-0.4, -0.2) is 4.92 Å². The second kappa shape index (κ2) is 6.89. The van der Waals surface area contributed by atoms with Crippen molar-refractivity contribution in [3.63, 3.8) is 0 Å². The molecule has 0 bridgehead atoms. The van der Waals surface area contributed by atoms with Gasteiger partial charge in [-0.05, 0) is 78.5 Å². The molecule has 21 heavy (non-hydrogen) atoms. The minimum absolute atomic E-state index is 0.109. The molecule has 110 valence electrons. The lowest BCUT2D eigenvalue weighted by molar-refractivity contribution is -0.385. The number of anilines is 1. The molecule has 0 amide bonds. The van der Waals surface area contributed by atoms with Gasteiger partial charge in [-0.15, -0.1) is 0 Å². The average molecular weight is 479 g/mol. The summed E-state index contributed by atoms with van der Waals surface area (Å²) < 4.78 is 2.76. The topological polar surface area (TPSA) is 55.2 Å². The highest BCUT2D eigenvalue weighted by Crippen LogP contribution is 2.31. The van der Waals surface area contributed by atoms with Crippen molar-refractivity contribution in [2.75, 3.05) is 5.32 Å². The van der Waals surface area contributed by atoms with Crippen molar-refractivity contribution < 1.29 is 4.92 Å². The zero-order valence-electron chi connectivity index (χ0n) is 11.0. The number of nitro benzene ring substituents is 1. The van der Waals surface area contributed by atoms with Crippen molar-refractivity contribution >= 4 is 59.2 Å². The molecule has 4 nitrogen and oxygen atoms in total. The van der Waals surface area contributed by atoms with Crippen LogP contribution in [0.15, 0.2) is 43.7 Å². The van der Waals surface area contributed by atoms with E-state index >= 15 is 0 Å². The molecule has 2 aromatic rings. The zero-order chi connectivity index (χ0) is 15.6. The fourth-order valence-electron chi connectivity index (χ4n) is 1.84. The normalized spacial score (nSPS) is 10.5. The Labute approximate surface area is 147 Å². The molecule has 0 radical (unpaired) electrons. The SMILES string of the molecule is Cc1cc(Br)c(NCc2ccc(Br)c(Br)c2)cc1[N+](=O)[O-]. The molecule has 0 saturated carbocycles. The third-order valence-corrected chi connectivity index (χ3v) is 5.49. The summed E-state index contributed by atoms with van der Waals surface area (Å²) in [4.78, 5) is 10.6. The van der Waals surface area contributed by atoms with Gasteiger partial charge in [-0.1, -0.05) is 6.07 Å². The Hall–Kier alpha value is -0.920. The van der Waals surface area contributed by atoms with Crippen LogP contribution in [-0.2, 0) is 6.54 Å². The molecule has 0 fully saturated rings. The van der Waals surface area contributed by atoms with E-state index in [-0.39, 0.29) is 10.6 Å². The lowest BCUT2D eigenvalue weighted by Crippen LogP contribution is -2.02. The van der Waals surface area contributed by atoms with Gasteiger partial charge in [0.1, 0.15) is 0 Å². The highest BCUT2D eigenvalue weighted by Gasteiger charge is 2.14. The summed E-state index contributed by atoms with van der Waals surface area (Å²) >= 11 is 10.3. The van der Waals surface area contributed by atoms with Gasteiger partial charge in [-0.2, -0.15) is 0 Å². The molecule has 0 spiro atoms. The number of aryl methyl sites for hydroxylation is 1. The van der Waals surface area contributed by atoms with E-state index in [0.717, 1.165) is 19.0 Å². The van der Waals surface area contributed by atoms with Crippen LogP contribution in [0.2, 0.25) is 0 Å². The summed E-state index contributed by atoms with van der Waals surface area (Å²) in [5.74, 6) is 0. The summed E-state index contributed by atoms with van der Waals surface area (Å²) in [5.41, 5.74) is 2.51. The number of rotatable bonds is 4. The first-order chi connectivity index (χ1) is 9.88. The maximum absolute atomic E-state index is 11.0. The van der Waals surface area contributed by atoms with Gasteiger partial charge >= 0.3 is 0 Å². The van der Waals surface area contributed by atoms with Gasteiger partial charge in [-0.25, -0.2) is 0 Å². The first-order valence-corrected chi connectivity index (χ1v) is 8.38. The van der Waals surface area contributed by atoms with E-state index in [1.165, 1.54) is 0 Å². The summed E-state index contributed by atoms with van der Waals surface area (Å²) in [6.45, 7) is 2.29. The summed E-state index contributed by atoms with van der Waals surface area (Å²) in [6.07, 6.45) is 0. The zero-order valence-corrected chi connectivity index (χ0v) is 15.7. The summed E-state index contributed by atoms with van der Waals surface area (Å²) in [7, 11) is 0. The van der Waals surface area contributed by atoms with E-state index in [1.807, 2.05) is 18.2 Å². The Morgan fingerprint density at radius 1 is 1.10 bits per heavy atom. The molecule has 0 heterocycles. The summed E-state index contributed by atoms with van der Waals surface area (Å²) in [6, 6.07) is 9.23. The van der Waals surface area contributed by atoms with Crippen molar-refractivity contribution in [2.24, 2.45) is 0 Å². The fourth-order valence-corrected chi connectivity index (χ4v) is 3.11. The second-order valence-corrected chi connectivity index (χ2v) is 7.04. The van der Waals surface area contributed by atoms with Crippen LogP contribution >= 0.6 is 47.8 Å². The van der Waals surface area contributed by atoms with E-state index in [4.69, 9.17) is 0 Å². The predicted octanol–water partition coefficient (Wildman–Crippen LogP) is 5.80. The van der Waals surface area contributed by atoms with E-state index < -0.39 is 0 Å². The van der Waals surface area contributed by atoms with Crippen LogP contribution in [0, 0.1) is 17.0 Å². The molecule has 0 saturated heterocycles. The number of nitrogens with one attached hydrogen (secondary N) is 1. The van der Waals surface area contributed by atoms with E-state index in [9.17, 15) is 10.1 Å². The highest BCUT2D eigenvalue weighted by atomic mass is 79.9. The lowest BCUT2D eigenvalue weighted by Gasteiger charge is -2.10. The Morgan fingerprint density at radius 2 is 1.81 bits per heavy atom. The lowest BCUT2D eigenvalue weighted by atomic mass is 10.1. The Balaban J connectivity index is 2.21. The Kier molecular flexibility index (Phi) is 5.40. The maximum atomic E-state index is 11.0. The molecule has 0 aliphatic heterocycles. The van der Waals surface area contributed by atoms with E-state index in [2.05, 4.69) is 53.1 Å². The van der Waals surface area contributed by atoms with Crippen molar-refractivity contribution in [3.8, 4) is 0 Å². The second-order valence-electron chi connectivity index (χ2n) is 4.48. The minimum atomic E-state index is -0.372. The monoisotopic (exact) mass is 476 g/mol. The number of halogens is 3. The van der Waals surface area contributed by atoms with Crippen molar-refractivity contribution in [3.05, 3.63) is 65.0 Å². The molecule has 2 aromatic carbocycles. The fraction of sp³-hybridized carbons (Fsp3) is 0.143. The van der Waals surface area contributed by atoms with Crippen LogP contribution in [0.25, 0.3) is 0 Å². The van der Waals surface area contributed by atoms with E-state index in [0.29, 0.717) is 17.8 Å². The number of hydrogen-bond acceptors (Lipinski definition) is 3. The molecule has 0 unspecified atom stereocenters. The average Bonchev–Trinajstić information content (AvgIpc) is 2.41. The van der Waals surface area contributed by atoms with Gasteiger partial charge in [0.05, 0.1) is 10.6 Å². The Bertz CT molecular complexity index is 705. The molecule has 0 atom stereocenters. The van der Waals surface area contributed by atoms with Gasteiger partial charge in [0.2, 0.25) is 0 Å². The van der Waals surface area contributed by atoms with Crippen molar-refractivity contribution in [2.45, 2.75) is 13.5 Å². The third kappa shape index (κ3) is 4.05. The molecule has 7 heteroatoms.